The van der Waals surface area contributed by atoms with Crippen molar-refractivity contribution in [3.8, 4) is 6.07 Å². The third-order valence-electron chi connectivity index (χ3n) is 4.69. The van der Waals surface area contributed by atoms with Crippen molar-refractivity contribution in [3.05, 3.63) is 29.0 Å². The van der Waals surface area contributed by atoms with E-state index in [1.165, 1.54) is 11.3 Å². The van der Waals surface area contributed by atoms with E-state index in [-0.39, 0.29) is 17.9 Å². The molecular formula is C20H27N7O2S. The number of amides is 1. The second-order valence-corrected chi connectivity index (χ2v) is 8.23. The molecule has 0 saturated carbocycles. The molecule has 1 unspecified atom stereocenters. The summed E-state index contributed by atoms with van der Waals surface area (Å²) in [4.78, 5) is 27.6. The molecule has 1 fully saturated rings. The van der Waals surface area contributed by atoms with Gasteiger partial charge in [-0.3, -0.25) is 9.69 Å². The summed E-state index contributed by atoms with van der Waals surface area (Å²) in [6.45, 7) is 7.03. The highest BCUT2D eigenvalue weighted by Gasteiger charge is 2.22. The Labute approximate surface area is 180 Å². The number of carbonyl (C=O) groups excluding carboxylic acids is 1. The van der Waals surface area contributed by atoms with Crippen LogP contribution in [0.2, 0.25) is 0 Å². The molecule has 1 aliphatic heterocycles. The lowest BCUT2D eigenvalue weighted by Crippen LogP contribution is -2.34. The first kappa shape index (κ1) is 22.1. The number of hydrogen-bond acceptors (Lipinski definition) is 9. The molecule has 2 N–H and O–H groups in total. The van der Waals surface area contributed by atoms with E-state index in [2.05, 4.69) is 36.6 Å². The summed E-state index contributed by atoms with van der Waals surface area (Å²) in [7, 11) is 0. The van der Waals surface area contributed by atoms with Gasteiger partial charge in [-0.05, 0) is 39.3 Å². The van der Waals surface area contributed by atoms with Crippen LogP contribution in [-0.2, 0) is 4.74 Å². The summed E-state index contributed by atoms with van der Waals surface area (Å²) in [5.41, 5.74) is 1.30. The van der Waals surface area contributed by atoms with Crippen LogP contribution in [0, 0.1) is 11.3 Å². The maximum Gasteiger partial charge on any atom is 0.270 e. The van der Waals surface area contributed by atoms with Crippen LogP contribution in [0.3, 0.4) is 0 Å². The molecule has 1 atom stereocenters. The number of nitriles is 1. The Morgan fingerprint density at radius 3 is 3.13 bits per heavy atom. The van der Waals surface area contributed by atoms with Crippen LogP contribution in [0.25, 0.3) is 0 Å². The van der Waals surface area contributed by atoms with E-state index in [1.54, 1.807) is 11.6 Å². The fraction of sp³-hybridized carbons (Fsp3) is 0.550. The normalized spacial score (nSPS) is 16.9. The molecule has 0 aromatic carbocycles. The summed E-state index contributed by atoms with van der Waals surface area (Å²) in [5.74, 6) is 0.499. The number of nitrogens with zero attached hydrogens (tertiary/aromatic N) is 5. The topological polar surface area (TPSA) is 116 Å². The number of hydrogen-bond donors (Lipinski definition) is 2. The van der Waals surface area contributed by atoms with E-state index in [1.807, 2.05) is 19.9 Å². The average molecular weight is 430 g/mol. The molecule has 3 heterocycles. The first-order valence-corrected chi connectivity index (χ1v) is 11.0. The van der Waals surface area contributed by atoms with Gasteiger partial charge in [-0.2, -0.15) is 5.26 Å². The number of carbonyl (C=O) groups is 1. The minimum atomic E-state index is -0.235. The third-order valence-corrected chi connectivity index (χ3v) is 5.45. The Morgan fingerprint density at radius 2 is 2.33 bits per heavy atom. The van der Waals surface area contributed by atoms with Gasteiger partial charge in [0.05, 0.1) is 31.0 Å². The van der Waals surface area contributed by atoms with Gasteiger partial charge in [0.15, 0.2) is 5.13 Å². The first-order chi connectivity index (χ1) is 14.5. The van der Waals surface area contributed by atoms with Gasteiger partial charge in [-0.25, -0.2) is 15.0 Å². The molecule has 2 aromatic rings. The number of ether oxygens (including phenoxy) is 1. The zero-order chi connectivity index (χ0) is 21.3. The van der Waals surface area contributed by atoms with Gasteiger partial charge in [0, 0.05) is 30.6 Å². The van der Waals surface area contributed by atoms with Crippen LogP contribution in [0.1, 0.15) is 48.8 Å². The quantitative estimate of drug-likeness (QED) is 0.461. The van der Waals surface area contributed by atoms with E-state index >= 15 is 0 Å². The Bertz CT molecular complexity index is 880. The predicted octanol–water partition coefficient (Wildman–Crippen LogP) is 2.53. The van der Waals surface area contributed by atoms with Crippen molar-refractivity contribution in [1.82, 2.24) is 25.2 Å². The molecule has 0 aliphatic carbocycles. The number of likely N-dealkylation sites (tertiary alicyclic amines) is 1. The summed E-state index contributed by atoms with van der Waals surface area (Å²) < 4.78 is 5.41. The van der Waals surface area contributed by atoms with Gasteiger partial charge in [-0.1, -0.05) is 0 Å². The molecule has 1 saturated heterocycles. The molecule has 9 nitrogen and oxygen atoms in total. The number of nitrogens with one attached hydrogen (secondary N) is 2. The highest BCUT2D eigenvalue weighted by atomic mass is 32.1. The number of aromatic nitrogens is 3. The number of rotatable bonds is 9. The molecule has 30 heavy (non-hydrogen) atoms. The fourth-order valence-corrected chi connectivity index (χ4v) is 3.97. The van der Waals surface area contributed by atoms with Crippen molar-refractivity contribution < 1.29 is 9.53 Å². The van der Waals surface area contributed by atoms with Crippen molar-refractivity contribution in [2.45, 2.75) is 38.7 Å². The van der Waals surface area contributed by atoms with Crippen LogP contribution in [0.5, 0.6) is 0 Å². The maximum absolute atomic E-state index is 12.2. The molecule has 0 bridgehead atoms. The fourth-order valence-electron chi connectivity index (χ4n) is 3.28. The molecule has 2 aromatic heterocycles. The summed E-state index contributed by atoms with van der Waals surface area (Å²) >= 11 is 1.33. The summed E-state index contributed by atoms with van der Waals surface area (Å²) in [6.07, 6.45) is 3.95. The van der Waals surface area contributed by atoms with E-state index < -0.39 is 0 Å². The second kappa shape index (κ2) is 11.0. The standard InChI is InChI=1S/C20H27N7O2S/c1-14(2)29-11-8-22-18(28)17-13-30-20(25-17)26-19-23-7-5-16(24-19)15-4-3-9-27(12-15)10-6-21/h5,7,13-15H,3-4,8-12H2,1-2H3,(H,22,28)(H,23,24,25,26). The van der Waals surface area contributed by atoms with E-state index in [0.717, 1.165) is 31.6 Å². The lowest BCUT2D eigenvalue weighted by Gasteiger charge is -2.30. The average Bonchev–Trinajstić information content (AvgIpc) is 3.20. The van der Waals surface area contributed by atoms with E-state index in [0.29, 0.717) is 36.5 Å². The minimum Gasteiger partial charge on any atom is -0.377 e. The number of thiazole rings is 1. The molecule has 0 spiro atoms. The summed E-state index contributed by atoms with van der Waals surface area (Å²) in [6, 6.07) is 4.14. The zero-order valence-corrected chi connectivity index (χ0v) is 18.1. The van der Waals surface area contributed by atoms with Crippen molar-refractivity contribution >= 4 is 28.3 Å². The number of piperidine rings is 1. The number of anilines is 2. The zero-order valence-electron chi connectivity index (χ0n) is 17.3. The molecule has 3 rings (SSSR count). The highest BCUT2D eigenvalue weighted by Crippen LogP contribution is 2.26. The van der Waals surface area contributed by atoms with Crippen LogP contribution in [0.15, 0.2) is 17.6 Å². The van der Waals surface area contributed by atoms with Gasteiger partial charge >= 0.3 is 0 Å². The SMILES string of the molecule is CC(C)OCCNC(=O)c1csc(Nc2nccc(C3CCCN(CC#N)C3)n2)n1. The van der Waals surface area contributed by atoms with Crippen LogP contribution >= 0.6 is 11.3 Å². The Morgan fingerprint density at radius 1 is 1.47 bits per heavy atom. The van der Waals surface area contributed by atoms with Crippen LogP contribution in [0.4, 0.5) is 11.1 Å². The smallest absolute Gasteiger partial charge is 0.270 e. The van der Waals surface area contributed by atoms with E-state index in [4.69, 9.17) is 10.00 Å². The molecule has 1 aliphatic rings. The minimum absolute atomic E-state index is 0.135. The Hall–Kier alpha value is -2.61. The lowest BCUT2D eigenvalue weighted by atomic mass is 9.94. The van der Waals surface area contributed by atoms with E-state index in [9.17, 15) is 4.79 Å². The van der Waals surface area contributed by atoms with Crippen molar-refractivity contribution in [2.24, 2.45) is 0 Å². The predicted molar refractivity (Wildman–Crippen MR) is 115 cm³/mol. The van der Waals surface area contributed by atoms with Crippen molar-refractivity contribution in [1.29, 1.82) is 5.26 Å². The molecular weight excluding hydrogens is 402 g/mol. The largest absolute Gasteiger partial charge is 0.377 e. The van der Waals surface area contributed by atoms with Gasteiger partial charge in [0.2, 0.25) is 5.95 Å². The third kappa shape index (κ3) is 6.45. The molecule has 0 radical (unpaired) electrons. The first-order valence-electron chi connectivity index (χ1n) is 10.1. The molecule has 10 heteroatoms. The van der Waals surface area contributed by atoms with Crippen molar-refractivity contribution in [3.63, 3.8) is 0 Å². The second-order valence-electron chi connectivity index (χ2n) is 7.38. The van der Waals surface area contributed by atoms with Crippen molar-refractivity contribution in [2.75, 3.05) is 38.1 Å². The highest BCUT2D eigenvalue weighted by molar-refractivity contribution is 7.14. The lowest BCUT2D eigenvalue weighted by molar-refractivity contribution is 0.0745. The molecule has 1 amide bonds. The summed E-state index contributed by atoms with van der Waals surface area (Å²) in [5, 5.41) is 17.1. The maximum atomic E-state index is 12.2. The Balaban J connectivity index is 1.56. The van der Waals surface area contributed by atoms with Gasteiger partial charge in [0.1, 0.15) is 5.69 Å². The van der Waals surface area contributed by atoms with Gasteiger partial charge in [0.25, 0.3) is 5.91 Å². The van der Waals surface area contributed by atoms with Crippen LogP contribution < -0.4 is 10.6 Å². The van der Waals surface area contributed by atoms with Gasteiger partial charge in [-0.15, -0.1) is 11.3 Å². The Kier molecular flexibility index (Phi) is 8.07. The molecule has 160 valence electrons. The van der Waals surface area contributed by atoms with Crippen LogP contribution in [-0.4, -0.2) is 64.6 Å². The van der Waals surface area contributed by atoms with Gasteiger partial charge < -0.3 is 15.4 Å². The monoisotopic (exact) mass is 429 g/mol.